The number of thiazole rings is 1. The van der Waals surface area contributed by atoms with Crippen molar-refractivity contribution in [1.82, 2.24) is 15.3 Å². The van der Waals surface area contributed by atoms with Crippen molar-refractivity contribution in [3.63, 3.8) is 0 Å². The first-order valence-corrected chi connectivity index (χ1v) is 10.4. The average molecular weight is 404 g/mol. The molecule has 4 aromatic rings. The van der Waals surface area contributed by atoms with Gasteiger partial charge in [0.25, 0.3) is 0 Å². The summed E-state index contributed by atoms with van der Waals surface area (Å²) in [7, 11) is 0. The van der Waals surface area contributed by atoms with Crippen molar-refractivity contribution in [2.24, 2.45) is 0 Å². The number of carbonyl (C=O) groups excluding carboxylic acids is 1. The SMILES string of the molecule is O=C(CCCOc1cccc2ccccc12)NCc1nc(-c2ccncc2)cs1. The van der Waals surface area contributed by atoms with E-state index in [1.165, 1.54) is 0 Å². The van der Waals surface area contributed by atoms with Gasteiger partial charge < -0.3 is 10.1 Å². The first-order chi connectivity index (χ1) is 14.3. The Balaban J connectivity index is 1.21. The van der Waals surface area contributed by atoms with Crippen molar-refractivity contribution < 1.29 is 9.53 Å². The Hall–Kier alpha value is -3.25. The number of hydrogen-bond acceptors (Lipinski definition) is 5. The highest BCUT2D eigenvalue weighted by molar-refractivity contribution is 7.09. The second-order valence-corrected chi connectivity index (χ2v) is 7.51. The molecule has 2 heterocycles. The van der Waals surface area contributed by atoms with E-state index in [0.29, 0.717) is 26.0 Å². The molecule has 0 aliphatic heterocycles. The van der Waals surface area contributed by atoms with Gasteiger partial charge in [0.1, 0.15) is 10.8 Å². The lowest BCUT2D eigenvalue weighted by Gasteiger charge is -2.09. The van der Waals surface area contributed by atoms with Crippen molar-refractivity contribution in [1.29, 1.82) is 0 Å². The predicted molar refractivity (Wildman–Crippen MR) is 116 cm³/mol. The van der Waals surface area contributed by atoms with Crippen LogP contribution in [0, 0.1) is 0 Å². The van der Waals surface area contributed by atoms with Crippen LogP contribution < -0.4 is 10.1 Å². The zero-order chi connectivity index (χ0) is 19.9. The molecule has 1 amide bonds. The zero-order valence-corrected chi connectivity index (χ0v) is 16.7. The number of amides is 1. The second-order valence-electron chi connectivity index (χ2n) is 6.57. The van der Waals surface area contributed by atoms with Crippen LogP contribution in [-0.4, -0.2) is 22.5 Å². The van der Waals surface area contributed by atoms with E-state index in [9.17, 15) is 4.79 Å². The maximum atomic E-state index is 12.1. The van der Waals surface area contributed by atoms with Gasteiger partial charge in [-0.05, 0) is 30.0 Å². The molecule has 2 aromatic carbocycles. The molecule has 4 rings (SSSR count). The second kappa shape index (κ2) is 9.30. The first kappa shape index (κ1) is 19.1. The summed E-state index contributed by atoms with van der Waals surface area (Å²) in [6, 6.07) is 18.0. The fourth-order valence-electron chi connectivity index (χ4n) is 3.05. The number of fused-ring (bicyclic) bond motifs is 1. The number of aromatic nitrogens is 2. The zero-order valence-electron chi connectivity index (χ0n) is 15.9. The molecule has 0 aliphatic rings. The summed E-state index contributed by atoms with van der Waals surface area (Å²) in [4.78, 5) is 20.7. The van der Waals surface area contributed by atoms with Crippen molar-refractivity contribution in [2.45, 2.75) is 19.4 Å². The quantitative estimate of drug-likeness (QED) is 0.428. The third kappa shape index (κ3) is 4.97. The molecule has 2 aromatic heterocycles. The van der Waals surface area contributed by atoms with Crippen LogP contribution in [0.2, 0.25) is 0 Å². The van der Waals surface area contributed by atoms with Crippen LogP contribution in [0.1, 0.15) is 17.8 Å². The third-order valence-corrected chi connectivity index (χ3v) is 5.37. The lowest BCUT2D eigenvalue weighted by Crippen LogP contribution is -2.22. The molecule has 0 aliphatic carbocycles. The molecular formula is C23H21N3O2S. The van der Waals surface area contributed by atoms with Crippen LogP contribution >= 0.6 is 11.3 Å². The Morgan fingerprint density at radius 3 is 2.76 bits per heavy atom. The van der Waals surface area contributed by atoms with Crippen LogP contribution in [-0.2, 0) is 11.3 Å². The Morgan fingerprint density at radius 1 is 1.03 bits per heavy atom. The number of pyridine rings is 1. The lowest BCUT2D eigenvalue weighted by atomic mass is 10.1. The summed E-state index contributed by atoms with van der Waals surface area (Å²) in [6.45, 7) is 0.948. The van der Waals surface area contributed by atoms with E-state index < -0.39 is 0 Å². The van der Waals surface area contributed by atoms with Gasteiger partial charge in [-0.2, -0.15) is 0 Å². The molecule has 0 fully saturated rings. The molecule has 6 heteroatoms. The summed E-state index contributed by atoms with van der Waals surface area (Å²) in [6.07, 6.45) is 4.58. The Morgan fingerprint density at radius 2 is 1.86 bits per heavy atom. The van der Waals surface area contributed by atoms with Crippen molar-refractivity contribution in [3.8, 4) is 17.0 Å². The Kier molecular flexibility index (Phi) is 6.12. The molecule has 146 valence electrons. The number of ether oxygens (including phenoxy) is 1. The summed E-state index contributed by atoms with van der Waals surface area (Å²) in [5, 5.41) is 8.06. The summed E-state index contributed by atoms with van der Waals surface area (Å²) >= 11 is 1.54. The van der Waals surface area contributed by atoms with Gasteiger partial charge in [0.05, 0.1) is 18.8 Å². The molecule has 29 heavy (non-hydrogen) atoms. The minimum Gasteiger partial charge on any atom is -0.493 e. The molecule has 0 saturated heterocycles. The van der Waals surface area contributed by atoms with Gasteiger partial charge in [-0.3, -0.25) is 9.78 Å². The summed E-state index contributed by atoms with van der Waals surface area (Å²) in [5.41, 5.74) is 1.93. The molecule has 0 bridgehead atoms. The van der Waals surface area contributed by atoms with Gasteiger partial charge in [0.2, 0.25) is 5.91 Å². The Bertz CT molecular complexity index is 1090. The van der Waals surface area contributed by atoms with E-state index in [2.05, 4.69) is 27.4 Å². The fraction of sp³-hybridized carbons (Fsp3) is 0.174. The van der Waals surface area contributed by atoms with Crippen LogP contribution in [0.4, 0.5) is 0 Å². The minimum atomic E-state index is 0.00665. The predicted octanol–water partition coefficient (Wildman–Crippen LogP) is 4.83. The van der Waals surface area contributed by atoms with E-state index >= 15 is 0 Å². The summed E-state index contributed by atoms with van der Waals surface area (Å²) < 4.78 is 5.89. The average Bonchev–Trinajstić information content (AvgIpc) is 3.25. The van der Waals surface area contributed by atoms with Crippen LogP contribution in [0.5, 0.6) is 5.75 Å². The van der Waals surface area contributed by atoms with Crippen molar-refractivity contribution in [2.75, 3.05) is 6.61 Å². The van der Waals surface area contributed by atoms with Gasteiger partial charge in [-0.15, -0.1) is 11.3 Å². The minimum absolute atomic E-state index is 0.00665. The van der Waals surface area contributed by atoms with Gasteiger partial charge in [0, 0.05) is 35.1 Å². The standard InChI is InChI=1S/C23H21N3O2S/c27-22(25-15-23-26-20(16-29-23)18-10-12-24-13-11-18)9-4-14-28-21-8-3-6-17-5-1-2-7-19(17)21/h1-3,5-8,10-13,16H,4,9,14-15H2,(H,25,27). The molecule has 0 atom stereocenters. The maximum Gasteiger partial charge on any atom is 0.220 e. The number of hydrogen-bond donors (Lipinski definition) is 1. The number of rotatable bonds is 8. The highest BCUT2D eigenvalue weighted by Crippen LogP contribution is 2.25. The number of nitrogens with zero attached hydrogens (tertiary/aromatic N) is 2. The lowest BCUT2D eigenvalue weighted by molar-refractivity contribution is -0.121. The van der Waals surface area contributed by atoms with Crippen molar-refractivity contribution in [3.05, 3.63) is 77.4 Å². The topological polar surface area (TPSA) is 64.1 Å². The number of nitrogens with one attached hydrogen (secondary N) is 1. The maximum absolute atomic E-state index is 12.1. The van der Waals surface area contributed by atoms with Gasteiger partial charge in [0.15, 0.2) is 0 Å². The Labute approximate surface area is 173 Å². The molecule has 0 spiro atoms. The van der Waals surface area contributed by atoms with Crippen LogP contribution in [0.25, 0.3) is 22.0 Å². The van der Waals surface area contributed by atoms with Gasteiger partial charge in [-0.1, -0.05) is 36.4 Å². The van der Waals surface area contributed by atoms with E-state index in [-0.39, 0.29) is 5.91 Å². The van der Waals surface area contributed by atoms with Gasteiger partial charge >= 0.3 is 0 Å². The summed E-state index contributed by atoms with van der Waals surface area (Å²) in [5.74, 6) is 0.863. The molecular weight excluding hydrogens is 382 g/mol. The first-order valence-electron chi connectivity index (χ1n) is 9.52. The largest absolute Gasteiger partial charge is 0.493 e. The highest BCUT2D eigenvalue weighted by Gasteiger charge is 2.07. The smallest absolute Gasteiger partial charge is 0.220 e. The fourth-order valence-corrected chi connectivity index (χ4v) is 3.79. The van der Waals surface area contributed by atoms with Crippen LogP contribution in [0.15, 0.2) is 72.4 Å². The monoisotopic (exact) mass is 403 g/mol. The molecule has 0 radical (unpaired) electrons. The number of benzene rings is 2. The van der Waals surface area contributed by atoms with E-state index in [1.807, 2.05) is 47.8 Å². The van der Waals surface area contributed by atoms with E-state index in [0.717, 1.165) is 32.8 Å². The normalized spacial score (nSPS) is 10.8. The van der Waals surface area contributed by atoms with E-state index in [4.69, 9.17) is 4.74 Å². The van der Waals surface area contributed by atoms with Gasteiger partial charge in [-0.25, -0.2) is 4.98 Å². The van der Waals surface area contributed by atoms with Crippen molar-refractivity contribution >= 4 is 28.0 Å². The van der Waals surface area contributed by atoms with Crippen LogP contribution in [0.3, 0.4) is 0 Å². The molecule has 1 N–H and O–H groups in total. The number of carbonyl (C=O) groups is 1. The highest BCUT2D eigenvalue weighted by atomic mass is 32.1. The van der Waals surface area contributed by atoms with E-state index in [1.54, 1.807) is 23.7 Å². The molecule has 0 saturated carbocycles. The third-order valence-electron chi connectivity index (χ3n) is 4.52. The molecule has 5 nitrogen and oxygen atoms in total. The molecule has 0 unspecified atom stereocenters.